The second-order valence-corrected chi connectivity index (χ2v) is 6.65. The summed E-state index contributed by atoms with van der Waals surface area (Å²) in [5.74, 6) is 1.39. The average molecular weight is 353 g/mol. The van der Waals surface area contributed by atoms with Gasteiger partial charge in [0.25, 0.3) is 0 Å². The van der Waals surface area contributed by atoms with E-state index in [2.05, 4.69) is 9.97 Å². The van der Waals surface area contributed by atoms with Gasteiger partial charge in [0.2, 0.25) is 0 Å². The van der Waals surface area contributed by atoms with Crippen LogP contribution in [0.1, 0.15) is 12.3 Å². The molecule has 4 rings (SSSR count). The van der Waals surface area contributed by atoms with Gasteiger partial charge in [-0.1, -0.05) is 30.0 Å². The first-order valence-electron chi connectivity index (χ1n) is 8.06. The Morgan fingerprint density at radius 1 is 1.12 bits per heavy atom. The Labute approximate surface area is 148 Å². The first kappa shape index (κ1) is 15.9. The Hall–Kier alpha value is -2.60. The van der Waals surface area contributed by atoms with Gasteiger partial charge in [0.15, 0.2) is 16.6 Å². The standard InChI is InChI=1S/C19H16FN3OS/c20-14-5-3-6-15(13-14)23-11-10-21-19(23)25-12-4-9-18-22-16-7-1-2-8-17(16)24-18/h1-3,5-8,10-11,13H,4,9,12H2. The number of rotatable bonds is 6. The summed E-state index contributed by atoms with van der Waals surface area (Å²) in [5, 5.41) is 0.850. The zero-order chi connectivity index (χ0) is 17.1. The van der Waals surface area contributed by atoms with Crippen LogP contribution in [0.25, 0.3) is 16.8 Å². The minimum atomic E-state index is -0.252. The molecule has 0 saturated carbocycles. The maximum atomic E-state index is 13.4. The van der Waals surface area contributed by atoms with Crippen LogP contribution in [0.5, 0.6) is 0 Å². The smallest absolute Gasteiger partial charge is 0.195 e. The highest BCUT2D eigenvalue weighted by Crippen LogP contribution is 2.22. The van der Waals surface area contributed by atoms with Gasteiger partial charge in [0.05, 0.1) is 5.69 Å². The molecular formula is C19H16FN3OS. The van der Waals surface area contributed by atoms with Crippen molar-refractivity contribution in [3.8, 4) is 5.69 Å². The number of hydrogen-bond acceptors (Lipinski definition) is 4. The van der Waals surface area contributed by atoms with Crippen molar-refractivity contribution in [2.75, 3.05) is 5.75 Å². The van der Waals surface area contributed by atoms with Crippen LogP contribution < -0.4 is 0 Å². The van der Waals surface area contributed by atoms with Crippen LogP contribution >= 0.6 is 11.8 Å². The molecule has 0 fully saturated rings. The molecule has 0 N–H and O–H groups in total. The van der Waals surface area contributed by atoms with Crippen molar-refractivity contribution < 1.29 is 8.81 Å². The number of hydrogen-bond donors (Lipinski definition) is 0. The van der Waals surface area contributed by atoms with E-state index >= 15 is 0 Å². The quantitative estimate of drug-likeness (QED) is 0.366. The lowest BCUT2D eigenvalue weighted by atomic mass is 10.3. The fourth-order valence-electron chi connectivity index (χ4n) is 2.63. The van der Waals surface area contributed by atoms with E-state index in [9.17, 15) is 4.39 Å². The minimum absolute atomic E-state index is 0.252. The highest BCUT2D eigenvalue weighted by Gasteiger charge is 2.08. The summed E-state index contributed by atoms with van der Waals surface area (Å²) in [5.41, 5.74) is 2.50. The van der Waals surface area contributed by atoms with Crippen LogP contribution in [0, 0.1) is 5.82 Å². The third-order valence-electron chi connectivity index (χ3n) is 3.80. The van der Waals surface area contributed by atoms with Gasteiger partial charge in [-0.3, -0.25) is 4.57 Å². The Bertz CT molecular complexity index is 962. The fourth-order valence-corrected chi connectivity index (χ4v) is 3.54. The number of halogens is 1. The number of oxazole rings is 1. The Balaban J connectivity index is 1.37. The summed E-state index contributed by atoms with van der Waals surface area (Å²) >= 11 is 1.64. The van der Waals surface area contributed by atoms with E-state index in [-0.39, 0.29) is 5.82 Å². The summed E-state index contributed by atoms with van der Waals surface area (Å²) in [7, 11) is 0. The van der Waals surface area contributed by atoms with Gasteiger partial charge in [-0.05, 0) is 36.8 Å². The SMILES string of the molecule is Fc1cccc(-n2ccnc2SCCCc2nc3ccccc3o2)c1. The molecule has 0 aliphatic rings. The normalized spacial score (nSPS) is 11.2. The Morgan fingerprint density at radius 3 is 2.92 bits per heavy atom. The summed E-state index contributed by atoms with van der Waals surface area (Å²) in [4.78, 5) is 8.85. The lowest BCUT2D eigenvalue weighted by Crippen LogP contribution is -1.97. The first-order chi connectivity index (χ1) is 12.3. The molecule has 0 atom stereocenters. The summed E-state index contributed by atoms with van der Waals surface area (Å²) in [6, 6.07) is 14.3. The van der Waals surface area contributed by atoms with E-state index in [4.69, 9.17) is 4.42 Å². The van der Waals surface area contributed by atoms with E-state index < -0.39 is 0 Å². The Morgan fingerprint density at radius 2 is 2.04 bits per heavy atom. The fraction of sp³-hybridized carbons (Fsp3) is 0.158. The van der Waals surface area contributed by atoms with E-state index in [1.54, 1.807) is 24.0 Å². The van der Waals surface area contributed by atoms with Crippen LogP contribution in [0.2, 0.25) is 0 Å². The molecule has 0 saturated heterocycles. The highest BCUT2D eigenvalue weighted by atomic mass is 32.2. The lowest BCUT2D eigenvalue weighted by molar-refractivity contribution is 0.526. The molecule has 4 nitrogen and oxygen atoms in total. The van der Waals surface area contributed by atoms with Crippen LogP contribution in [0.4, 0.5) is 4.39 Å². The van der Waals surface area contributed by atoms with Gasteiger partial charge >= 0.3 is 0 Å². The number of para-hydroxylation sites is 2. The van der Waals surface area contributed by atoms with Gasteiger partial charge in [0, 0.05) is 24.6 Å². The van der Waals surface area contributed by atoms with Crippen molar-refractivity contribution >= 4 is 22.9 Å². The zero-order valence-corrected chi connectivity index (χ0v) is 14.2. The molecule has 2 aromatic heterocycles. The van der Waals surface area contributed by atoms with E-state index in [0.717, 1.165) is 46.4 Å². The number of fused-ring (bicyclic) bond motifs is 1. The molecule has 0 spiro atoms. The second-order valence-electron chi connectivity index (χ2n) is 5.59. The van der Waals surface area contributed by atoms with Crippen molar-refractivity contribution in [1.82, 2.24) is 14.5 Å². The molecule has 0 radical (unpaired) electrons. The number of benzene rings is 2. The van der Waals surface area contributed by atoms with Crippen molar-refractivity contribution in [3.63, 3.8) is 0 Å². The topological polar surface area (TPSA) is 43.9 Å². The number of thioether (sulfide) groups is 1. The van der Waals surface area contributed by atoms with Crippen LogP contribution in [0.15, 0.2) is 70.5 Å². The van der Waals surface area contributed by atoms with Crippen LogP contribution in [0.3, 0.4) is 0 Å². The van der Waals surface area contributed by atoms with Crippen LogP contribution in [-0.4, -0.2) is 20.3 Å². The monoisotopic (exact) mass is 353 g/mol. The van der Waals surface area contributed by atoms with Gasteiger partial charge in [0.1, 0.15) is 11.3 Å². The van der Waals surface area contributed by atoms with Gasteiger partial charge in [-0.2, -0.15) is 0 Å². The largest absolute Gasteiger partial charge is 0.441 e. The van der Waals surface area contributed by atoms with Gasteiger partial charge in [-0.25, -0.2) is 14.4 Å². The van der Waals surface area contributed by atoms with Gasteiger partial charge < -0.3 is 4.42 Å². The summed E-state index contributed by atoms with van der Waals surface area (Å²) < 4.78 is 21.0. The van der Waals surface area contributed by atoms with Crippen molar-refractivity contribution in [3.05, 3.63) is 72.6 Å². The van der Waals surface area contributed by atoms with Crippen LogP contribution in [-0.2, 0) is 6.42 Å². The number of imidazole rings is 1. The van der Waals surface area contributed by atoms with Crippen molar-refractivity contribution in [2.45, 2.75) is 18.0 Å². The third-order valence-corrected chi connectivity index (χ3v) is 4.85. The maximum Gasteiger partial charge on any atom is 0.195 e. The molecule has 6 heteroatoms. The summed E-state index contributed by atoms with van der Waals surface area (Å²) in [6.07, 6.45) is 5.28. The predicted octanol–water partition coefficient (Wildman–Crippen LogP) is 4.88. The van der Waals surface area contributed by atoms with E-state index in [0.29, 0.717) is 0 Å². The molecule has 2 heterocycles. The average Bonchev–Trinajstić information content (AvgIpc) is 3.25. The molecule has 2 aromatic carbocycles. The third kappa shape index (κ3) is 3.58. The van der Waals surface area contributed by atoms with E-state index in [1.165, 1.54) is 12.1 Å². The number of aryl methyl sites for hydroxylation is 1. The molecular weight excluding hydrogens is 337 g/mol. The van der Waals surface area contributed by atoms with Crippen molar-refractivity contribution in [1.29, 1.82) is 0 Å². The van der Waals surface area contributed by atoms with E-state index in [1.807, 2.05) is 41.1 Å². The molecule has 126 valence electrons. The number of nitrogens with zero attached hydrogens (tertiary/aromatic N) is 3. The summed E-state index contributed by atoms with van der Waals surface area (Å²) in [6.45, 7) is 0. The lowest BCUT2D eigenvalue weighted by Gasteiger charge is -2.07. The Kier molecular flexibility index (Phi) is 4.52. The maximum absolute atomic E-state index is 13.4. The van der Waals surface area contributed by atoms with Gasteiger partial charge in [-0.15, -0.1) is 0 Å². The molecule has 0 bridgehead atoms. The molecule has 0 aliphatic heterocycles. The molecule has 0 aliphatic carbocycles. The molecule has 25 heavy (non-hydrogen) atoms. The predicted molar refractivity (Wildman–Crippen MR) is 96.6 cm³/mol. The first-order valence-corrected chi connectivity index (χ1v) is 9.05. The minimum Gasteiger partial charge on any atom is -0.441 e. The second kappa shape index (κ2) is 7.11. The molecule has 0 amide bonds. The number of aromatic nitrogens is 3. The zero-order valence-electron chi connectivity index (χ0n) is 13.4. The highest BCUT2D eigenvalue weighted by molar-refractivity contribution is 7.99. The van der Waals surface area contributed by atoms with Crippen molar-refractivity contribution in [2.24, 2.45) is 0 Å². The molecule has 4 aromatic rings. The molecule has 0 unspecified atom stereocenters.